The topological polar surface area (TPSA) is 38.0 Å². The van der Waals surface area contributed by atoms with Crippen LogP contribution in [-0.2, 0) is 0 Å². The molecule has 11 heavy (non-hydrogen) atoms. The molecule has 0 fully saturated rings. The Kier molecular flexibility index (Phi) is 1.12. The Bertz CT molecular complexity index is 353. The van der Waals surface area contributed by atoms with Crippen LogP contribution in [0.5, 0.6) is 0 Å². The molecule has 0 aromatic rings. The smallest absolute Gasteiger partial charge is 0.175 e. The van der Waals surface area contributed by atoms with E-state index in [4.69, 9.17) is 0 Å². The van der Waals surface area contributed by atoms with Crippen LogP contribution < -0.4 is 0 Å². The average molecular weight is 148 g/mol. The van der Waals surface area contributed by atoms with Crippen LogP contribution in [0.25, 0.3) is 11.4 Å². The van der Waals surface area contributed by atoms with Crippen molar-refractivity contribution < 1.29 is 5.21 Å². The molecule has 0 aromatic carbocycles. The number of nitrogens with zero attached hydrogens (tertiary/aromatic N) is 2. The minimum absolute atomic E-state index is 0.616. The molecule has 0 saturated heterocycles. The van der Waals surface area contributed by atoms with Gasteiger partial charge in [-0.05, 0) is 25.1 Å². The van der Waals surface area contributed by atoms with Crippen LogP contribution in [0.3, 0.4) is 0 Å². The highest BCUT2D eigenvalue weighted by atomic mass is 16.5. The summed E-state index contributed by atoms with van der Waals surface area (Å²) >= 11 is 0. The molecule has 0 amide bonds. The lowest BCUT2D eigenvalue weighted by Gasteiger charge is -2.06. The molecule has 3 heteroatoms. The molecule has 0 aromatic heterocycles. The molecule has 0 unspecified atom stereocenters. The second-order valence-corrected chi connectivity index (χ2v) is 2.51. The van der Waals surface area contributed by atoms with Crippen molar-refractivity contribution in [3.05, 3.63) is 30.1 Å². The van der Waals surface area contributed by atoms with Gasteiger partial charge in [0.25, 0.3) is 0 Å². The van der Waals surface area contributed by atoms with Crippen LogP contribution in [0.1, 0.15) is 5.69 Å². The predicted molar refractivity (Wildman–Crippen MR) is 40.8 cm³/mol. The average Bonchev–Trinajstić information content (AvgIpc) is 2.45. The first kappa shape index (κ1) is 6.22. The van der Waals surface area contributed by atoms with Crippen LogP contribution in [0.2, 0.25) is 0 Å². The highest BCUT2D eigenvalue weighted by Gasteiger charge is 2.07. The zero-order valence-corrected chi connectivity index (χ0v) is 6.15. The van der Waals surface area contributed by atoms with Crippen LogP contribution >= 0.6 is 0 Å². The first-order valence-corrected chi connectivity index (χ1v) is 3.41. The molecule has 1 N–H and O–H groups in total. The van der Waals surface area contributed by atoms with Crippen LogP contribution in [0.15, 0.2) is 24.4 Å². The maximum atomic E-state index is 9.40. The summed E-state index contributed by atoms with van der Waals surface area (Å²) in [5.41, 5.74) is 1.74. The van der Waals surface area contributed by atoms with Gasteiger partial charge in [0.1, 0.15) is 0 Å². The Morgan fingerprint density at radius 3 is 3.00 bits per heavy atom. The van der Waals surface area contributed by atoms with Gasteiger partial charge in [-0.2, -0.15) is 4.73 Å². The van der Waals surface area contributed by atoms with Crippen molar-refractivity contribution in [3.63, 3.8) is 0 Å². The highest BCUT2D eigenvalue weighted by molar-refractivity contribution is 5.57. The summed E-state index contributed by atoms with van der Waals surface area (Å²) in [5.74, 6) is 0.616. The number of hydrogen-bond acceptors (Lipinski definition) is 2. The third-order valence-corrected chi connectivity index (χ3v) is 1.75. The van der Waals surface area contributed by atoms with E-state index in [1.165, 1.54) is 0 Å². The molecule has 0 bridgehead atoms. The van der Waals surface area contributed by atoms with E-state index >= 15 is 0 Å². The third-order valence-electron chi connectivity index (χ3n) is 1.75. The summed E-state index contributed by atoms with van der Waals surface area (Å²) in [6, 6.07) is 5.65. The summed E-state index contributed by atoms with van der Waals surface area (Å²) in [6.45, 7) is 1.83. The Morgan fingerprint density at radius 2 is 2.18 bits per heavy atom. The number of pyridine rings is 1. The molecule has 0 aliphatic carbocycles. The third kappa shape index (κ3) is 0.774. The molecule has 2 aliphatic heterocycles. The number of aromatic nitrogens is 2. The Hall–Kier alpha value is -1.51. The number of hydrogen-bond donors (Lipinski definition) is 1. The molecule has 0 saturated carbocycles. The van der Waals surface area contributed by atoms with E-state index in [9.17, 15) is 5.21 Å². The summed E-state index contributed by atoms with van der Waals surface area (Å²) in [6.07, 6.45) is 1.68. The molecule has 2 heterocycles. The molecule has 0 spiro atoms. The van der Waals surface area contributed by atoms with Crippen molar-refractivity contribution in [2.45, 2.75) is 6.92 Å². The first-order valence-electron chi connectivity index (χ1n) is 3.41. The fourth-order valence-electron chi connectivity index (χ4n) is 1.09. The molecule has 2 aliphatic rings. The van der Waals surface area contributed by atoms with Gasteiger partial charge >= 0.3 is 0 Å². The van der Waals surface area contributed by atoms with E-state index in [0.29, 0.717) is 5.82 Å². The van der Waals surface area contributed by atoms with Crippen molar-refractivity contribution in [1.82, 2.24) is 9.71 Å². The quantitative estimate of drug-likeness (QED) is 0.575. The molecule has 3 nitrogen and oxygen atoms in total. The van der Waals surface area contributed by atoms with E-state index in [1.807, 2.05) is 25.1 Å². The lowest BCUT2D eigenvalue weighted by atomic mass is 10.2. The fraction of sp³-hybridized carbons (Fsp3) is 0.125. The molecular weight excluding hydrogens is 140 g/mol. The SMILES string of the molecule is Cc1ccc2ccnc-2n1O. The second-order valence-electron chi connectivity index (χ2n) is 2.51. The lowest BCUT2D eigenvalue weighted by Crippen LogP contribution is -2.01. The molecule has 2 rings (SSSR count). The van der Waals surface area contributed by atoms with Gasteiger partial charge < -0.3 is 5.21 Å². The van der Waals surface area contributed by atoms with E-state index in [2.05, 4.69) is 4.98 Å². The minimum atomic E-state index is 0.616. The van der Waals surface area contributed by atoms with Gasteiger partial charge in [0, 0.05) is 11.8 Å². The van der Waals surface area contributed by atoms with Crippen molar-refractivity contribution in [3.8, 4) is 11.4 Å². The van der Waals surface area contributed by atoms with Gasteiger partial charge in [0.15, 0.2) is 5.82 Å². The van der Waals surface area contributed by atoms with Crippen molar-refractivity contribution in [2.24, 2.45) is 0 Å². The molecule has 56 valence electrons. The van der Waals surface area contributed by atoms with E-state index in [1.54, 1.807) is 6.20 Å². The standard InChI is InChI=1S/C8H8N2O/c1-6-2-3-7-4-5-9-8(7)10(6)11/h2-5,11H,1H3. The molecule has 0 atom stereocenters. The number of fused-ring (bicyclic) bond motifs is 1. The Morgan fingerprint density at radius 1 is 1.36 bits per heavy atom. The van der Waals surface area contributed by atoms with Crippen molar-refractivity contribution in [1.29, 1.82) is 0 Å². The van der Waals surface area contributed by atoms with Gasteiger partial charge in [-0.3, -0.25) is 0 Å². The second kappa shape index (κ2) is 1.99. The zero-order valence-electron chi connectivity index (χ0n) is 6.15. The summed E-state index contributed by atoms with van der Waals surface area (Å²) in [5, 5.41) is 9.40. The van der Waals surface area contributed by atoms with E-state index < -0.39 is 0 Å². The highest BCUT2D eigenvalue weighted by Crippen LogP contribution is 2.19. The van der Waals surface area contributed by atoms with Gasteiger partial charge in [-0.25, -0.2) is 4.98 Å². The summed E-state index contributed by atoms with van der Waals surface area (Å²) in [4.78, 5) is 3.99. The first-order chi connectivity index (χ1) is 5.29. The van der Waals surface area contributed by atoms with Crippen molar-refractivity contribution >= 4 is 0 Å². The van der Waals surface area contributed by atoms with Gasteiger partial charge in [0.2, 0.25) is 0 Å². The van der Waals surface area contributed by atoms with Crippen LogP contribution in [-0.4, -0.2) is 14.9 Å². The molecular formula is C8H8N2O. The van der Waals surface area contributed by atoms with Crippen molar-refractivity contribution in [2.75, 3.05) is 0 Å². The summed E-state index contributed by atoms with van der Waals surface area (Å²) in [7, 11) is 0. The minimum Gasteiger partial charge on any atom is -0.427 e. The molecule has 0 radical (unpaired) electrons. The lowest BCUT2D eigenvalue weighted by molar-refractivity contribution is 0.180. The fourth-order valence-corrected chi connectivity index (χ4v) is 1.09. The maximum Gasteiger partial charge on any atom is 0.175 e. The van der Waals surface area contributed by atoms with Gasteiger partial charge in [-0.15, -0.1) is 0 Å². The summed E-state index contributed by atoms with van der Waals surface area (Å²) < 4.78 is 1.09. The van der Waals surface area contributed by atoms with Crippen LogP contribution in [0.4, 0.5) is 0 Å². The zero-order chi connectivity index (χ0) is 7.84. The largest absolute Gasteiger partial charge is 0.427 e. The monoisotopic (exact) mass is 148 g/mol. The normalized spacial score (nSPS) is 10.6. The van der Waals surface area contributed by atoms with Gasteiger partial charge in [-0.1, -0.05) is 0 Å². The Balaban J connectivity index is 2.81. The Labute approximate surface area is 64.2 Å². The maximum absolute atomic E-state index is 9.40. The van der Waals surface area contributed by atoms with E-state index in [-0.39, 0.29) is 0 Å². The predicted octanol–water partition coefficient (Wildman–Crippen LogP) is 1.53. The number of aryl methyl sites for hydroxylation is 1. The number of rotatable bonds is 0. The van der Waals surface area contributed by atoms with Gasteiger partial charge in [0.05, 0.1) is 5.69 Å². The van der Waals surface area contributed by atoms with E-state index in [0.717, 1.165) is 16.0 Å². The van der Waals surface area contributed by atoms with Crippen LogP contribution in [0, 0.1) is 6.92 Å².